The van der Waals surface area contributed by atoms with Crippen LogP contribution in [0.3, 0.4) is 0 Å². The number of carboxylic acids is 1. The minimum absolute atomic E-state index is 0.350. The van der Waals surface area contributed by atoms with Crippen LogP contribution in [0.5, 0.6) is 0 Å². The predicted octanol–water partition coefficient (Wildman–Crippen LogP) is 3.71. The van der Waals surface area contributed by atoms with E-state index >= 15 is 0 Å². The summed E-state index contributed by atoms with van der Waals surface area (Å²) in [6.45, 7) is 1.72. The first kappa shape index (κ1) is 13.2. The molecule has 4 heteroatoms. The molecule has 0 spiro atoms. The summed E-state index contributed by atoms with van der Waals surface area (Å²) in [6, 6.07) is 13.5. The lowest BCUT2D eigenvalue weighted by atomic mass is 10.1. The van der Waals surface area contributed by atoms with Crippen LogP contribution in [-0.4, -0.2) is 17.6 Å². The maximum absolute atomic E-state index is 11.1. The third kappa shape index (κ3) is 2.43. The van der Waals surface area contributed by atoms with E-state index in [1.165, 1.54) is 11.1 Å². The van der Waals surface area contributed by atoms with E-state index in [0.717, 1.165) is 29.7 Å². The van der Waals surface area contributed by atoms with Crippen LogP contribution in [0, 0.1) is 0 Å². The van der Waals surface area contributed by atoms with Crippen molar-refractivity contribution in [3.8, 4) is 0 Å². The number of rotatable bonds is 3. The average Bonchev–Trinajstić information content (AvgIpc) is 2.84. The Hall–Kier alpha value is -1.81. The summed E-state index contributed by atoms with van der Waals surface area (Å²) < 4.78 is 1.09. The molecule has 20 heavy (non-hydrogen) atoms. The second kappa shape index (κ2) is 5.29. The van der Waals surface area contributed by atoms with Crippen LogP contribution in [0.1, 0.15) is 21.5 Å². The fraction of sp³-hybridized carbons (Fsp3) is 0.188. The van der Waals surface area contributed by atoms with E-state index in [1.54, 1.807) is 12.1 Å². The number of aromatic carboxylic acids is 1. The van der Waals surface area contributed by atoms with Crippen LogP contribution in [0.4, 0.5) is 5.69 Å². The smallest absolute Gasteiger partial charge is 0.335 e. The molecule has 0 atom stereocenters. The highest BCUT2D eigenvalue weighted by Crippen LogP contribution is 2.31. The third-order valence-electron chi connectivity index (χ3n) is 3.64. The zero-order chi connectivity index (χ0) is 14.1. The second-order valence-corrected chi connectivity index (χ2v) is 5.77. The predicted molar refractivity (Wildman–Crippen MR) is 82.3 cm³/mol. The van der Waals surface area contributed by atoms with Gasteiger partial charge in [0.2, 0.25) is 0 Å². The van der Waals surface area contributed by atoms with Gasteiger partial charge in [-0.2, -0.15) is 0 Å². The molecule has 0 saturated carbocycles. The van der Waals surface area contributed by atoms with Gasteiger partial charge >= 0.3 is 5.97 Å². The molecule has 102 valence electrons. The zero-order valence-corrected chi connectivity index (χ0v) is 12.4. The maximum Gasteiger partial charge on any atom is 0.335 e. The highest BCUT2D eigenvalue weighted by Gasteiger charge is 2.21. The van der Waals surface area contributed by atoms with Gasteiger partial charge in [0.25, 0.3) is 0 Å². The van der Waals surface area contributed by atoms with Gasteiger partial charge in [0.15, 0.2) is 0 Å². The number of nitrogens with zero attached hydrogens (tertiary/aromatic N) is 1. The molecule has 0 saturated heterocycles. The minimum Gasteiger partial charge on any atom is -0.478 e. The monoisotopic (exact) mass is 331 g/mol. The van der Waals surface area contributed by atoms with Crippen LogP contribution in [0.2, 0.25) is 0 Å². The van der Waals surface area contributed by atoms with Crippen molar-refractivity contribution in [2.45, 2.75) is 13.0 Å². The van der Waals surface area contributed by atoms with Gasteiger partial charge in [-0.05, 0) is 35.7 Å². The van der Waals surface area contributed by atoms with Gasteiger partial charge in [-0.25, -0.2) is 4.79 Å². The molecular formula is C16H14BrNO2. The lowest BCUT2D eigenvalue weighted by molar-refractivity contribution is 0.0697. The highest BCUT2D eigenvalue weighted by atomic mass is 79.9. The van der Waals surface area contributed by atoms with Gasteiger partial charge in [-0.1, -0.05) is 40.2 Å². The first-order chi connectivity index (χ1) is 9.65. The molecule has 1 heterocycles. The standard InChI is InChI=1S/C16H14BrNO2/c17-14-4-2-1-3-13(14)10-18-8-7-11-5-6-12(16(19)20)9-15(11)18/h1-6,9H,7-8,10H2,(H,19,20). The summed E-state index contributed by atoms with van der Waals surface area (Å²) in [5, 5.41) is 9.11. The van der Waals surface area contributed by atoms with E-state index in [9.17, 15) is 4.79 Å². The highest BCUT2D eigenvalue weighted by molar-refractivity contribution is 9.10. The van der Waals surface area contributed by atoms with Crippen molar-refractivity contribution in [3.63, 3.8) is 0 Å². The van der Waals surface area contributed by atoms with E-state index in [0.29, 0.717) is 5.56 Å². The summed E-state index contributed by atoms with van der Waals surface area (Å²) in [7, 11) is 0. The van der Waals surface area contributed by atoms with Gasteiger partial charge in [-0.15, -0.1) is 0 Å². The maximum atomic E-state index is 11.1. The lowest BCUT2D eigenvalue weighted by Gasteiger charge is -2.20. The Kier molecular flexibility index (Phi) is 3.49. The van der Waals surface area contributed by atoms with Gasteiger partial charge in [0.1, 0.15) is 0 Å². The van der Waals surface area contributed by atoms with E-state index in [1.807, 2.05) is 24.3 Å². The van der Waals surface area contributed by atoms with Crippen molar-refractivity contribution < 1.29 is 9.90 Å². The summed E-state index contributed by atoms with van der Waals surface area (Å²) in [6.07, 6.45) is 0.972. The number of benzene rings is 2. The first-order valence-corrected chi connectivity index (χ1v) is 7.29. The molecule has 0 radical (unpaired) electrons. The molecule has 0 fully saturated rings. The molecule has 0 amide bonds. The summed E-state index contributed by atoms with van der Waals surface area (Å²) in [5.41, 5.74) is 3.83. The zero-order valence-electron chi connectivity index (χ0n) is 10.8. The van der Waals surface area contributed by atoms with Crippen LogP contribution >= 0.6 is 15.9 Å². The Morgan fingerprint density at radius 3 is 2.80 bits per heavy atom. The quantitative estimate of drug-likeness (QED) is 0.931. The van der Waals surface area contributed by atoms with E-state index in [4.69, 9.17) is 5.11 Å². The number of hydrogen-bond acceptors (Lipinski definition) is 2. The molecule has 0 aliphatic carbocycles. The molecule has 2 aromatic carbocycles. The largest absolute Gasteiger partial charge is 0.478 e. The molecule has 1 aliphatic heterocycles. The van der Waals surface area contributed by atoms with Crippen molar-refractivity contribution in [2.24, 2.45) is 0 Å². The van der Waals surface area contributed by atoms with Crippen LogP contribution < -0.4 is 4.90 Å². The Morgan fingerprint density at radius 1 is 1.25 bits per heavy atom. The summed E-state index contributed by atoms with van der Waals surface area (Å²) in [5.74, 6) is -0.874. The molecule has 0 unspecified atom stereocenters. The van der Waals surface area contributed by atoms with Crippen molar-refractivity contribution >= 4 is 27.6 Å². The van der Waals surface area contributed by atoms with Crippen LogP contribution in [-0.2, 0) is 13.0 Å². The molecule has 0 aromatic heterocycles. The second-order valence-electron chi connectivity index (χ2n) is 4.91. The van der Waals surface area contributed by atoms with E-state index in [-0.39, 0.29) is 0 Å². The van der Waals surface area contributed by atoms with Crippen molar-refractivity contribution in [1.29, 1.82) is 0 Å². The molecular weight excluding hydrogens is 318 g/mol. The van der Waals surface area contributed by atoms with Crippen molar-refractivity contribution in [2.75, 3.05) is 11.4 Å². The Labute approximate surface area is 126 Å². The third-order valence-corrected chi connectivity index (χ3v) is 4.42. The normalized spacial score (nSPS) is 13.3. The molecule has 3 rings (SSSR count). The number of fused-ring (bicyclic) bond motifs is 1. The van der Waals surface area contributed by atoms with Gasteiger partial charge in [0, 0.05) is 23.2 Å². The van der Waals surface area contributed by atoms with Gasteiger partial charge < -0.3 is 10.0 Å². The van der Waals surface area contributed by atoms with Gasteiger partial charge in [-0.3, -0.25) is 0 Å². The number of carbonyl (C=O) groups is 1. The molecule has 0 bridgehead atoms. The number of hydrogen-bond donors (Lipinski definition) is 1. The first-order valence-electron chi connectivity index (χ1n) is 6.50. The van der Waals surface area contributed by atoms with Crippen molar-refractivity contribution in [3.05, 3.63) is 63.6 Å². The number of halogens is 1. The Bertz CT molecular complexity index is 669. The SMILES string of the molecule is O=C(O)c1ccc2c(c1)N(Cc1ccccc1Br)CC2. The number of anilines is 1. The molecule has 3 nitrogen and oxygen atoms in total. The fourth-order valence-corrected chi connectivity index (χ4v) is 2.99. The van der Waals surface area contributed by atoms with Crippen LogP contribution in [0.25, 0.3) is 0 Å². The van der Waals surface area contributed by atoms with E-state index in [2.05, 4.69) is 26.9 Å². The summed E-state index contributed by atoms with van der Waals surface area (Å²) in [4.78, 5) is 13.3. The summed E-state index contributed by atoms with van der Waals surface area (Å²) >= 11 is 3.56. The Balaban J connectivity index is 1.91. The minimum atomic E-state index is -0.874. The fourth-order valence-electron chi connectivity index (χ4n) is 2.58. The molecule has 1 N–H and O–H groups in total. The lowest BCUT2D eigenvalue weighted by Crippen LogP contribution is -2.20. The topological polar surface area (TPSA) is 40.5 Å². The number of carboxylic acid groups (broad SMARTS) is 1. The molecule has 2 aromatic rings. The Morgan fingerprint density at radius 2 is 2.05 bits per heavy atom. The molecule has 1 aliphatic rings. The van der Waals surface area contributed by atoms with Gasteiger partial charge in [0.05, 0.1) is 5.56 Å². The van der Waals surface area contributed by atoms with Crippen molar-refractivity contribution in [1.82, 2.24) is 0 Å². The average molecular weight is 332 g/mol. The van der Waals surface area contributed by atoms with Crippen LogP contribution in [0.15, 0.2) is 46.9 Å². The van der Waals surface area contributed by atoms with E-state index < -0.39 is 5.97 Å².